The molecule has 1 nitrogen and oxygen atoms in total. The average molecular weight is 269 g/mol. The van der Waals surface area contributed by atoms with Gasteiger partial charge in [-0.25, -0.2) is 0 Å². The molecule has 1 fully saturated rings. The van der Waals surface area contributed by atoms with Gasteiger partial charge in [0.2, 0.25) is 0 Å². The van der Waals surface area contributed by atoms with Crippen LogP contribution in [0.1, 0.15) is 37.4 Å². The SMILES string of the molecule is Clc1cccc2cc(C3CCCCC3Cl)oc12. The zero-order chi connectivity index (χ0) is 11.8. The maximum absolute atomic E-state index is 6.39. The minimum absolute atomic E-state index is 0.197. The van der Waals surface area contributed by atoms with E-state index >= 15 is 0 Å². The second-order valence-electron chi connectivity index (χ2n) is 4.71. The quantitative estimate of drug-likeness (QED) is 0.636. The van der Waals surface area contributed by atoms with Crippen molar-refractivity contribution in [3.63, 3.8) is 0 Å². The van der Waals surface area contributed by atoms with Crippen LogP contribution in [0.4, 0.5) is 0 Å². The molecule has 1 aliphatic carbocycles. The lowest BCUT2D eigenvalue weighted by Gasteiger charge is -2.24. The van der Waals surface area contributed by atoms with Gasteiger partial charge in [-0.3, -0.25) is 0 Å². The summed E-state index contributed by atoms with van der Waals surface area (Å²) in [5.74, 6) is 1.33. The molecule has 90 valence electrons. The summed E-state index contributed by atoms with van der Waals surface area (Å²) in [6, 6.07) is 7.92. The highest BCUT2D eigenvalue weighted by Crippen LogP contribution is 2.39. The van der Waals surface area contributed by atoms with Crippen LogP contribution in [0.2, 0.25) is 5.02 Å². The highest BCUT2D eigenvalue weighted by Gasteiger charge is 2.27. The van der Waals surface area contributed by atoms with E-state index in [0.29, 0.717) is 10.9 Å². The van der Waals surface area contributed by atoms with Crippen LogP contribution in [0, 0.1) is 0 Å². The third-order valence-corrected chi connectivity index (χ3v) is 4.38. The molecule has 0 radical (unpaired) electrons. The molecule has 17 heavy (non-hydrogen) atoms. The van der Waals surface area contributed by atoms with Gasteiger partial charge in [0.05, 0.1) is 5.02 Å². The molecule has 0 saturated heterocycles. The predicted molar refractivity (Wildman–Crippen MR) is 72.1 cm³/mol. The molecule has 1 aliphatic rings. The Balaban J connectivity index is 2.02. The third-order valence-electron chi connectivity index (χ3n) is 3.56. The molecular weight excluding hydrogens is 255 g/mol. The van der Waals surface area contributed by atoms with E-state index in [1.165, 1.54) is 12.8 Å². The summed E-state index contributed by atoms with van der Waals surface area (Å²) in [6.45, 7) is 0. The fourth-order valence-corrected chi connectivity index (χ4v) is 3.26. The fourth-order valence-electron chi connectivity index (χ4n) is 2.64. The Bertz CT molecular complexity index is 532. The summed E-state index contributed by atoms with van der Waals surface area (Å²) in [5.41, 5.74) is 0.790. The van der Waals surface area contributed by atoms with Crippen LogP contribution < -0.4 is 0 Å². The first kappa shape index (κ1) is 11.4. The van der Waals surface area contributed by atoms with Gasteiger partial charge >= 0.3 is 0 Å². The second-order valence-corrected chi connectivity index (χ2v) is 5.68. The van der Waals surface area contributed by atoms with Crippen LogP contribution in [0.25, 0.3) is 11.0 Å². The second kappa shape index (κ2) is 4.55. The highest BCUT2D eigenvalue weighted by molar-refractivity contribution is 6.34. The van der Waals surface area contributed by atoms with E-state index in [0.717, 1.165) is 29.6 Å². The van der Waals surface area contributed by atoms with E-state index in [1.807, 2.05) is 18.2 Å². The van der Waals surface area contributed by atoms with Crippen molar-refractivity contribution in [2.75, 3.05) is 0 Å². The molecule has 1 saturated carbocycles. The Hall–Kier alpha value is -0.660. The van der Waals surface area contributed by atoms with Crippen LogP contribution >= 0.6 is 23.2 Å². The number of hydrogen-bond acceptors (Lipinski definition) is 1. The van der Waals surface area contributed by atoms with Crippen molar-refractivity contribution >= 4 is 34.2 Å². The molecule has 0 N–H and O–H groups in total. The van der Waals surface area contributed by atoms with E-state index in [4.69, 9.17) is 27.6 Å². The van der Waals surface area contributed by atoms with Crippen molar-refractivity contribution in [1.29, 1.82) is 0 Å². The van der Waals surface area contributed by atoms with Gasteiger partial charge in [-0.15, -0.1) is 11.6 Å². The largest absolute Gasteiger partial charge is 0.459 e. The molecule has 1 aromatic heterocycles. The van der Waals surface area contributed by atoms with Crippen LogP contribution in [-0.4, -0.2) is 5.38 Å². The molecule has 1 aromatic carbocycles. The Morgan fingerprint density at radius 1 is 1.18 bits per heavy atom. The van der Waals surface area contributed by atoms with E-state index < -0.39 is 0 Å². The standard InChI is InChI=1S/C14H14Cl2O/c15-11-6-2-1-5-10(11)13-8-9-4-3-7-12(16)14(9)17-13/h3-4,7-8,10-11H,1-2,5-6H2. The first-order valence-corrected chi connectivity index (χ1v) is 6.89. The minimum atomic E-state index is 0.197. The molecule has 0 aliphatic heterocycles. The summed E-state index contributed by atoms with van der Waals surface area (Å²) in [4.78, 5) is 0. The lowest BCUT2D eigenvalue weighted by Crippen LogP contribution is -2.16. The van der Waals surface area contributed by atoms with E-state index in [9.17, 15) is 0 Å². The number of furan rings is 1. The van der Waals surface area contributed by atoms with Crippen molar-refractivity contribution in [3.8, 4) is 0 Å². The molecule has 2 atom stereocenters. The van der Waals surface area contributed by atoms with Crippen LogP contribution in [0.15, 0.2) is 28.7 Å². The van der Waals surface area contributed by atoms with Gasteiger partial charge in [0, 0.05) is 16.7 Å². The maximum Gasteiger partial charge on any atom is 0.152 e. The first-order valence-electron chi connectivity index (χ1n) is 6.08. The highest BCUT2D eigenvalue weighted by atomic mass is 35.5. The van der Waals surface area contributed by atoms with Gasteiger partial charge in [0.25, 0.3) is 0 Å². The monoisotopic (exact) mass is 268 g/mol. The van der Waals surface area contributed by atoms with E-state index in [-0.39, 0.29) is 5.38 Å². The molecule has 3 rings (SSSR count). The van der Waals surface area contributed by atoms with Crippen molar-refractivity contribution in [2.24, 2.45) is 0 Å². The smallest absolute Gasteiger partial charge is 0.152 e. The number of benzene rings is 1. The lowest BCUT2D eigenvalue weighted by atomic mass is 9.87. The van der Waals surface area contributed by atoms with Gasteiger partial charge in [-0.1, -0.05) is 36.6 Å². The molecule has 0 amide bonds. The number of hydrogen-bond donors (Lipinski definition) is 0. The minimum Gasteiger partial charge on any atom is -0.459 e. The van der Waals surface area contributed by atoms with Gasteiger partial charge < -0.3 is 4.42 Å². The zero-order valence-corrected chi connectivity index (χ0v) is 11.0. The average Bonchev–Trinajstić information content (AvgIpc) is 2.75. The van der Waals surface area contributed by atoms with Gasteiger partial charge in [0.15, 0.2) is 5.58 Å². The zero-order valence-electron chi connectivity index (χ0n) is 9.46. The summed E-state index contributed by atoms with van der Waals surface area (Å²) in [7, 11) is 0. The summed E-state index contributed by atoms with van der Waals surface area (Å²) < 4.78 is 5.89. The Morgan fingerprint density at radius 2 is 2.00 bits per heavy atom. The van der Waals surface area contributed by atoms with Gasteiger partial charge in [0.1, 0.15) is 5.76 Å². The summed E-state index contributed by atoms with van der Waals surface area (Å²) in [5, 5.41) is 1.95. The third kappa shape index (κ3) is 2.07. The Morgan fingerprint density at radius 3 is 2.76 bits per heavy atom. The summed E-state index contributed by atoms with van der Waals surface area (Å²) >= 11 is 12.5. The number of alkyl halides is 1. The maximum atomic E-state index is 6.39. The van der Waals surface area contributed by atoms with Gasteiger partial charge in [-0.05, 0) is 25.0 Å². The summed E-state index contributed by atoms with van der Waals surface area (Å²) in [6.07, 6.45) is 4.66. The van der Waals surface area contributed by atoms with E-state index in [2.05, 4.69) is 6.07 Å². The van der Waals surface area contributed by atoms with Crippen molar-refractivity contribution in [2.45, 2.75) is 37.0 Å². The number of rotatable bonds is 1. The fraction of sp³-hybridized carbons (Fsp3) is 0.429. The number of fused-ring (bicyclic) bond motifs is 1. The normalized spacial score (nSPS) is 25.3. The Labute approximate surface area is 111 Å². The topological polar surface area (TPSA) is 13.1 Å². The van der Waals surface area contributed by atoms with Crippen molar-refractivity contribution in [3.05, 3.63) is 35.0 Å². The van der Waals surface area contributed by atoms with Crippen molar-refractivity contribution in [1.82, 2.24) is 0 Å². The van der Waals surface area contributed by atoms with E-state index in [1.54, 1.807) is 0 Å². The number of halogens is 2. The Kier molecular flexibility index (Phi) is 3.06. The number of para-hydroxylation sites is 1. The molecule has 2 unspecified atom stereocenters. The van der Waals surface area contributed by atoms with Gasteiger partial charge in [-0.2, -0.15) is 0 Å². The van der Waals surface area contributed by atoms with Crippen LogP contribution in [-0.2, 0) is 0 Å². The van der Waals surface area contributed by atoms with Crippen LogP contribution in [0.5, 0.6) is 0 Å². The predicted octanol–water partition coefficient (Wildman–Crippen LogP) is 5.35. The lowest BCUT2D eigenvalue weighted by molar-refractivity contribution is 0.390. The molecule has 0 spiro atoms. The molecular formula is C14H14Cl2O. The molecule has 3 heteroatoms. The van der Waals surface area contributed by atoms with Crippen molar-refractivity contribution < 1.29 is 4.42 Å². The molecule has 2 aromatic rings. The molecule has 1 heterocycles. The van der Waals surface area contributed by atoms with Crippen LogP contribution in [0.3, 0.4) is 0 Å². The molecule has 0 bridgehead atoms. The first-order chi connectivity index (χ1) is 8.25.